The molecule has 0 radical (unpaired) electrons. The molecule has 1 amide bonds. The van der Waals surface area contributed by atoms with Gasteiger partial charge in [0.15, 0.2) is 0 Å². The number of nitrogens with one attached hydrogen (secondary N) is 2. The van der Waals surface area contributed by atoms with E-state index in [-0.39, 0.29) is 11.1 Å². The number of hydrazone groups is 1. The lowest BCUT2D eigenvalue weighted by molar-refractivity contribution is 0.0597. The molecule has 9 heteroatoms. The van der Waals surface area contributed by atoms with Gasteiger partial charge in [0.2, 0.25) is 0 Å². The van der Waals surface area contributed by atoms with Gasteiger partial charge in [0, 0.05) is 23.4 Å². The number of carbonyl (C=O) groups is 2. The largest absolute Gasteiger partial charge is 0.497 e. The molecule has 0 aliphatic carbocycles. The second kappa shape index (κ2) is 11.8. The van der Waals surface area contributed by atoms with Crippen molar-refractivity contribution in [2.75, 3.05) is 19.5 Å². The van der Waals surface area contributed by atoms with Gasteiger partial charge in [-0.25, -0.2) is 4.79 Å². The Hall–Kier alpha value is -4.42. The number of aryl methyl sites for hydroxylation is 1. The van der Waals surface area contributed by atoms with Crippen LogP contribution in [0.4, 0.5) is 5.00 Å². The van der Waals surface area contributed by atoms with E-state index in [1.165, 1.54) is 18.4 Å². The number of hydrogen-bond donors (Lipinski definition) is 2. The fourth-order valence-electron chi connectivity index (χ4n) is 3.75. The Morgan fingerprint density at radius 1 is 1.17 bits per heavy atom. The van der Waals surface area contributed by atoms with Crippen molar-refractivity contribution in [3.05, 3.63) is 75.8 Å². The van der Waals surface area contributed by atoms with E-state index in [1.54, 1.807) is 31.5 Å². The number of benzene rings is 2. The predicted molar refractivity (Wildman–Crippen MR) is 142 cm³/mol. The van der Waals surface area contributed by atoms with Crippen molar-refractivity contribution in [3.63, 3.8) is 0 Å². The number of esters is 1. The van der Waals surface area contributed by atoms with Crippen molar-refractivity contribution in [2.45, 2.75) is 20.3 Å². The van der Waals surface area contributed by atoms with E-state index in [9.17, 15) is 14.9 Å². The standard InChI is InChI=1S/C27H26N4O4S/c1-6-17(15-30-29-3)19-9-12-21(22(13-19)27(33)35-5)25(32)31-26-23(14-28)24(16(2)36-26)18-7-10-20(34-4)11-8-18/h7-13,15,30H,3,6H2,1-2,4-5H3,(H,31,32)/b17-15+. The van der Waals surface area contributed by atoms with E-state index in [1.807, 2.05) is 38.1 Å². The summed E-state index contributed by atoms with van der Waals surface area (Å²) in [7, 11) is 2.84. The molecule has 36 heavy (non-hydrogen) atoms. The van der Waals surface area contributed by atoms with Gasteiger partial charge in [-0.2, -0.15) is 10.4 Å². The summed E-state index contributed by atoms with van der Waals surface area (Å²) in [5.74, 6) is -0.460. The number of thiophene rings is 1. The zero-order valence-electron chi connectivity index (χ0n) is 20.5. The lowest BCUT2D eigenvalue weighted by Gasteiger charge is -2.12. The Kier molecular flexibility index (Phi) is 8.60. The molecule has 0 aliphatic heterocycles. The number of anilines is 1. The van der Waals surface area contributed by atoms with Crippen LogP contribution in [-0.2, 0) is 4.74 Å². The topological polar surface area (TPSA) is 113 Å². The van der Waals surface area contributed by atoms with Crippen molar-refractivity contribution in [1.82, 2.24) is 5.43 Å². The van der Waals surface area contributed by atoms with Crippen molar-refractivity contribution in [1.29, 1.82) is 5.26 Å². The molecular weight excluding hydrogens is 476 g/mol. The molecule has 0 unspecified atom stereocenters. The summed E-state index contributed by atoms with van der Waals surface area (Å²) < 4.78 is 10.1. The first-order chi connectivity index (χ1) is 17.4. The first-order valence-electron chi connectivity index (χ1n) is 11.0. The summed E-state index contributed by atoms with van der Waals surface area (Å²) in [4.78, 5) is 26.7. The molecule has 8 nitrogen and oxygen atoms in total. The molecule has 2 N–H and O–H groups in total. The molecule has 1 aromatic heterocycles. The zero-order chi connectivity index (χ0) is 26.2. The van der Waals surface area contributed by atoms with Gasteiger partial charge in [-0.3, -0.25) is 10.2 Å². The summed E-state index contributed by atoms with van der Waals surface area (Å²) in [6, 6.07) is 14.5. The highest BCUT2D eigenvalue weighted by molar-refractivity contribution is 7.17. The minimum absolute atomic E-state index is 0.112. The molecule has 3 aromatic rings. The third kappa shape index (κ3) is 5.45. The number of nitrogens with zero attached hydrogens (tertiary/aromatic N) is 2. The predicted octanol–water partition coefficient (Wildman–Crippen LogP) is 5.60. The Labute approximate surface area is 213 Å². The van der Waals surface area contributed by atoms with Crippen molar-refractivity contribution < 1.29 is 19.1 Å². The monoisotopic (exact) mass is 502 g/mol. The number of methoxy groups -OCH3 is 2. The maximum atomic E-state index is 13.3. The molecule has 0 fully saturated rings. The molecule has 0 bridgehead atoms. The van der Waals surface area contributed by atoms with Gasteiger partial charge >= 0.3 is 5.97 Å². The Morgan fingerprint density at radius 3 is 2.47 bits per heavy atom. The van der Waals surface area contributed by atoms with Gasteiger partial charge in [0.1, 0.15) is 16.8 Å². The minimum atomic E-state index is -0.644. The summed E-state index contributed by atoms with van der Waals surface area (Å²) in [6.07, 6.45) is 2.33. The van der Waals surface area contributed by atoms with E-state index >= 15 is 0 Å². The number of nitriles is 1. The second-order valence-corrected chi connectivity index (χ2v) is 8.82. The van der Waals surface area contributed by atoms with E-state index in [0.717, 1.165) is 27.1 Å². The highest BCUT2D eigenvalue weighted by Crippen LogP contribution is 2.40. The van der Waals surface area contributed by atoms with Crippen molar-refractivity contribution >= 4 is 40.5 Å². The minimum Gasteiger partial charge on any atom is -0.497 e. The molecule has 3 rings (SSSR count). The molecule has 0 spiro atoms. The third-order valence-corrected chi connectivity index (χ3v) is 6.57. The van der Waals surface area contributed by atoms with Crippen LogP contribution in [-0.4, -0.2) is 32.8 Å². The number of ether oxygens (including phenoxy) is 2. The van der Waals surface area contributed by atoms with Crippen LogP contribution in [0, 0.1) is 18.3 Å². The normalized spacial score (nSPS) is 10.8. The number of rotatable bonds is 9. The Bertz CT molecular complexity index is 1370. The smallest absolute Gasteiger partial charge is 0.338 e. The van der Waals surface area contributed by atoms with Crippen LogP contribution in [0.25, 0.3) is 16.7 Å². The van der Waals surface area contributed by atoms with Crippen molar-refractivity contribution in [2.24, 2.45) is 5.10 Å². The van der Waals surface area contributed by atoms with Crippen LogP contribution in [0.15, 0.2) is 53.8 Å². The molecule has 0 atom stereocenters. The highest BCUT2D eigenvalue weighted by Gasteiger charge is 2.23. The summed E-state index contributed by atoms with van der Waals surface area (Å²) in [6.45, 7) is 7.23. The van der Waals surface area contributed by atoms with Crippen LogP contribution in [0.3, 0.4) is 0 Å². The van der Waals surface area contributed by atoms with E-state index in [4.69, 9.17) is 9.47 Å². The van der Waals surface area contributed by atoms with Crippen molar-refractivity contribution in [3.8, 4) is 22.9 Å². The second-order valence-electron chi connectivity index (χ2n) is 7.59. The van der Waals surface area contributed by atoms with Gasteiger partial charge in [-0.05, 0) is 54.3 Å². The molecule has 0 aliphatic rings. The molecule has 1 heterocycles. The summed E-state index contributed by atoms with van der Waals surface area (Å²) in [5.41, 5.74) is 6.47. The van der Waals surface area contributed by atoms with Gasteiger partial charge in [0.05, 0.1) is 30.9 Å². The number of allylic oxidation sites excluding steroid dienone is 1. The fourth-order valence-corrected chi connectivity index (χ4v) is 4.77. The maximum Gasteiger partial charge on any atom is 0.338 e. The van der Waals surface area contributed by atoms with Crippen LogP contribution in [0.1, 0.15) is 50.1 Å². The van der Waals surface area contributed by atoms with Crippen LogP contribution in [0.2, 0.25) is 0 Å². The average Bonchev–Trinajstić information content (AvgIpc) is 3.22. The van der Waals surface area contributed by atoms with E-state index in [0.29, 0.717) is 22.7 Å². The zero-order valence-corrected chi connectivity index (χ0v) is 21.3. The first-order valence-corrected chi connectivity index (χ1v) is 11.8. The van der Waals surface area contributed by atoms with Gasteiger partial charge in [-0.15, -0.1) is 11.3 Å². The molecule has 2 aromatic carbocycles. The summed E-state index contributed by atoms with van der Waals surface area (Å²) >= 11 is 1.30. The molecular formula is C27H26N4O4S. The lowest BCUT2D eigenvalue weighted by atomic mass is 9.97. The lowest BCUT2D eigenvalue weighted by Crippen LogP contribution is -2.17. The number of hydrogen-bond acceptors (Lipinski definition) is 8. The third-order valence-electron chi connectivity index (χ3n) is 5.55. The average molecular weight is 503 g/mol. The van der Waals surface area contributed by atoms with Gasteiger partial charge < -0.3 is 14.8 Å². The SMILES string of the molecule is C=NN/C=C(\CC)c1ccc(C(=O)Nc2sc(C)c(-c3ccc(OC)cc3)c2C#N)c(C(=O)OC)c1. The van der Waals surface area contributed by atoms with Crippen LogP contribution in [0.5, 0.6) is 5.75 Å². The molecule has 0 saturated carbocycles. The summed E-state index contributed by atoms with van der Waals surface area (Å²) in [5, 5.41) is 16.8. The first kappa shape index (κ1) is 26.2. The Balaban J connectivity index is 2.01. The van der Waals surface area contributed by atoms with Crippen LogP contribution < -0.4 is 15.5 Å². The molecule has 184 valence electrons. The Morgan fingerprint density at radius 2 is 1.89 bits per heavy atom. The number of carbonyl (C=O) groups excluding carboxylic acids is 2. The highest BCUT2D eigenvalue weighted by atomic mass is 32.1. The quantitative estimate of drug-likeness (QED) is 0.224. The van der Waals surface area contributed by atoms with E-state index < -0.39 is 11.9 Å². The fraction of sp³-hybridized carbons (Fsp3) is 0.185. The van der Waals surface area contributed by atoms with E-state index in [2.05, 4.69) is 28.6 Å². The van der Waals surface area contributed by atoms with Gasteiger partial charge in [-0.1, -0.05) is 25.1 Å². The number of amides is 1. The maximum absolute atomic E-state index is 13.3. The van der Waals surface area contributed by atoms with Crippen LogP contribution >= 0.6 is 11.3 Å². The van der Waals surface area contributed by atoms with Gasteiger partial charge in [0.25, 0.3) is 5.91 Å². The molecule has 0 saturated heterocycles.